The molecule has 0 radical (unpaired) electrons. The summed E-state index contributed by atoms with van der Waals surface area (Å²) in [6.07, 6.45) is 5.78. The fourth-order valence-corrected chi connectivity index (χ4v) is 5.19. The van der Waals surface area contributed by atoms with Crippen LogP contribution in [0.2, 0.25) is 0 Å². The molecule has 178 valence electrons. The van der Waals surface area contributed by atoms with Crippen molar-refractivity contribution in [1.29, 1.82) is 0 Å². The van der Waals surface area contributed by atoms with E-state index in [1.807, 2.05) is 35.8 Å². The molecular formula is C26H25FN6O2. The molecule has 6 rings (SSSR count). The Labute approximate surface area is 200 Å². The molecule has 8 nitrogen and oxygen atoms in total. The van der Waals surface area contributed by atoms with Gasteiger partial charge in [0.05, 0.1) is 17.3 Å². The van der Waals surface area contributed by atoms with Crippen LogP contribution >= 0.6 is 0 Å². The van der Waals surface area contributed by atoms with Crippen molar-refractivity contribution in [2.75, 3.05) is 5.73 Å². The van der Waals surface area contributed by atoms with Crippen molar-refractivity contribution in [1.82, 2.24) is 24.3 Å². The first kappa shape index (κ1) is 21.5. The number of fused-ring (bicyclic) bond motifs is 2. The van der Waals surface area contributed by atoms with Crippen molar-refractivity contribution in [2.24, 2.45) is 0 Å². The highest BCUT2D eigenvalue weighted by molar-refractivity contribution is 5.96. The summed E-state index contributed by atoms with van der Waals surface area (Å²) in [5.41, 5.74) is 9.46. The molecule has 3 N–H and O–H groups in total. The van der Waals surface area contributed by atoms with Gasteiger partial charge < -0.3 is 15.4 Å². The lowest BCUT2D eigenvalue weighted by Crippen LogP contribution is -2.32. The van der Waals surface area contributed by atoms with E-state index in [4.69, 9.17) is 10.8 Å². The Morgan fingerprint density at radius 3 is 2.80 bits per heavy atom. The lowest BCUT2D eigenvalue weighted by Gasteiger charge is -2.30. The van der Waals surface area contributed by atoms with Crippen LogP contribution in [0.15, 0.2) is 53.3 Å². The van der Waals surface area contributed by atoms with Gasteiger partial charge >= 0.3 is 0 Å². The Morgan fingerprint density at radius 1 is 1.23 bits per heavy atom. The minimum Gasteiger partial charge on any atom is -0.508 e. The van der Waals surface area contributed by atoms with Crippen LogP contribution < -0.4 is 11.3 Å². The summed E-state index contributed by atoms with van der Waals surface area (Å²) in [5, 5.41) is 16.9. The second kappa shape index (κ2) is 8.04. The van der Waals surface area contributed by atoms with E-state index in [0.29, 0.717) is 22.3 Å². The number of aliphatic hydroxyl groups is 1. The first-order valence-corrected chi connectivity index (χ1v) is 11.8. The van der Waals surface area contributed by atoms with Crippen LogP contribution in [0.5, 0.6) is 0 Å². The largest absolute Gasteiger partial charge is 0.508 e. The van der Waals surface area contributed by atoms with E-state index >= 15 is 0 Å². The minimum absolute atomic E-state index is 0.0106. The van der Waals surface area contributed by atoms with E-state index in [-0.39, 0.29) is 36.1 Å². The Kier molecular flexibility index (Phi) is 4.94. The number of halogens is 1. The Balaban J connectivity index is 1.55. The van der Waals surface area contributed by atoms with Gasteiger partial charge in [-0.3, -0.25) is 4.79 Å². The van der Waals surface area contributed by atoms with Gasteiger partial charge in [-0.25, -0.2) is 19.0 Å². The third kappa shape index (κ3) is 3.50. The molecule has 1 unspecified atom stereocenters. The van der Waals surface area contributed by atoms with Gasteiger partial charge in [0, 0.05) is 18.2 Å². The third-order valence-corrected chi connectivity index (χ3v) is 7.07. The van der Waals surface area contributed by atoms with E-state index in [9.17, 15) is 14.3 Å². The summed E-state index contributed by atoms with van der Waals surface area (Å²) in [4.78, 5) is 22.2. The van der Waals surface area contributed by atoms with Crippen LogP contribution in [-0.2, 0) is 6.54 Å². The van der Waals surface area contributed by atoms with Crippen LogP contribution in [0.1, 0.15) is 48.7 Å². The maximum Gasteiger partial charge on any atom is 0.259 e. The zero-order valence-corrected chi connectivity index (χ0v) is 19.3. The zero-order valence-electron chi connectivity index (χ0n) is 19.3. The van der Waals surface area contributed by atoms with Crippen LogP contribution in [0.3, 0.4) is 0 Å². The third-order valence-electron chi connectivity index (χ3n) is 7.07. The lowest BCUT2D eigenvalue weighted by molar-refractivity contribution is 0.298. The molecule has 3 heterocycles. The molecule has 0 amide bonds. The normalized spacial score (nSPS) is 18.5. The Hall–Kier alpha value is -4.01. The number of alkyl halides is 1. The molecule has 0 aliphatic heterocycles. The number of rotatable bonds is 4. The average Bonchev–Trinajstić information content (AvgIpc) is 3.14. The molecule has 3 aromatic heterocycles. The SMILES string of the molecule is Cc1cccc2cc(Cn3nc(C4=CC(O)=CC(F)C4)c4c(N)ncnc43)n(C3CCC3)c(=O)c12. The van der Waals surface area contributed by atoms with E-state index in [2.05, 4.69) is 9.97 Å². The molecule has 2 aliphatic rings. The molecule has 0 bridgehead atoms. The van der Waals surface area contributed by atoms with E-state index in [0.717, 1.165) is 47.4 Å². The number of pyridine rings is 1. The highest BCUT2D eigenvalue weighted by Gasteiger charge is 2.27. The van der Waals surface area contributed by atoms with Gasteiger partial charge in [-0.2, -0.15) is 5.10 Å². The number of nitrogen functional groups attached to an aromatic ring is 1. The number of aryl methyl sites for hydroxylation is 1. The molecule has 4 aromatic rings. The predicted molar refractivity (Wildman–Crippen MR) is 133 cm³/mol. The summed E-state index contributed by atoms with van der Waals surface area (Å²) in [6.45, 7) is 2.25. The Bertz CT molecular complexity index is 1610. The minimum atomic E-state index is -1.33. The number of anilines is 1. The molecule has 9 heteroatoms. The van der Waals surface area contributed by atoms with Crippen LogP contribution in [0, 0.1) is 6.92 Å². The number of aromatic nitrogens is 5. The molecule has 35 heavy (non-hydrogen) atoms. The number of hydrogen-bond donors (Lipinski definition) is 2. The van der Waals surface area contributed by atoms with Gasteiger partial charge in [0.1, 0.15) is 29.8 Å². The van der Waals surface area contributed by atoms with Gasteiger partial charge in [-0.1, -0.05) is 18.2 Å². The maximum absolute atomic E-state index is 14.2. The van der Waals surface area contributed by atoms with Crippen molar-refractivity contribution < 1.29 is 9.50 Å². The number of benzene rings is 1. The second-order valence-corrected chi connectivity index (χ2v) is 9.38. The fraction of sp³-hybridized carbons (Fsp3) is 0.308. The number of allylic oxidation sites excluding steroid dienone is 3. The van der Waals surface area contributed by atoms with E-state index in [1.54, 1.807) is 4.68 Å². The molecule has 0 saturated heterocycles. The number of nitrogens with two attached hydrogens (primary N) is 1. The van der Waals surface area contributed by atoms with Crippen molar-refractivity contribution in [3.8, 4) is 0 Å². The quantitative estimate of drug-likeness (QED) is 0.456. The van der Waals surface area contributed by atoms with Gasteiger partial charge in [0.15, 0.2) is 5.65 Å². The topological polar surface area (TPSA) is 112 Å². The second-order valence-electron chi connectivity index (χ2n) is 9.38. The van der Waals surface area contributed by atoms with Crippen LogP contribution in [0.25, 0.3) is 27.4 Å². The fourth-order valence-electron chi connectivity index (χ4n) is 5.19. The van der Waals surface area contributed by atoms with Crippen molar-refractivity contribution in [3.63, 3.8) is 0 Å². The van der Waals surface area contributed by atoms with Gasteiger partial charge in [0.25, 0.3) is 5.56 Å². The van der Waals surface area contributed by atoms with Crippen molar-refractivity contribution in [2.45, 2.75) is 51.4 Å². The first-order chi connectivity index (χ1) is 16.9. The number of aliphatic hydroxyl groups excluding tert-OH is 1. The summed E-state index contributed by atoms with van der Waals surface area (Å²) >= 11 is 0. The highest BCUT2D eigenvalue weighted by atomic mass is 19.1. The molecule has 0 spiro atoms. The molecule has 1 saturated carbocycles. The lowest BCUT2D eigenvalue weighted by atomic mass is 9.91. The smallest absolute Gasteiger partial charge is 0.259 e. The summed E-state index contributed by atoms with van der Waals surface area (Å²) in [5.74, 6) is 0.0766. The molecule has 1 fully saturated rings. The standard InChI is InChI=1S/C26H25FN6O2/c1-14-4-2-5-15-9-19(33(18-6-3-7-18)26(35)21(14)15)12-32-25-22(24(28)29-13-30-25)23(31-32)16-8-17(27)11-20(34)10-16/h2,4-5,9-11,13,17-18,34H,3,6-8,12H2,1H3,(H2,28,29,30). The van der Waals surface area contributed by atoms with Crippen molar-refractivity contribution in [3.05, 3.63) is 75.8 Å². The summed E-state index contributed by atoms with van der Waals surface area (Å²) in [7, 11) is 0. The van der Waals surface area contributed by atoms with Gasteiger partial charge in [-0.15, -0.1) is 0 Å². The monoisotopic (exact) mass is 472 g/mol. The molecule has 1 aromatic carbocycles. The molecule has 1 atom stereocenters. The average molecular weight is 473 g/mol. The summed E-state index contributed by atoms with van der Waals surface area (Å²) < 4.78 is 17.8. The van der Waals surface area contributed by atoms with Gasteiger partial charge in [-0.05, 0) is 60.9 Å². The van der Waals surface area contributed by atoms with Gasteiger partial charge in [0.2, 0.25) is 0 Å². The number of hydrogen-bond acceptors (Lipinski definition) is 6. The maximum atomic E-state index is 14.2. The molecule has 2 aliphatic carbocycles. The first-order valence-electron chi connectivity index (χ1n) is 11.8. The predicted octanol–water partition coefficient (Wildman–Crippen LogP) is 4.37. The molecular weight excluding hydrogens is 447 g/mol. The van der Waals surface area contributed by atoms with Crippen LogP contribution in [0.4, 0.5) is 10.2 Å². The van der Waals surface area contributed by atoms with Crippen LogP contribution in [-0.4, -0.2) is 35.6 Å². The summed E-state index contributed by atoms with van der Waals surface area (Å²) in [6, 6.07) is 8.06. The van der Waals surface area contributed by atoms with E-state index < -0.39 is 6.17 Å². The Morgan fingerprint density at radius 2 is 2.06 bits per heavy atom. The van der Waals surface area contributed by atoms with E-state index in [1.165, 1.54) is 12.4 Å². The van der Waals surface area contributed by atoms with Crippen molar-refractivity contribution >= 4 is 33.2 Å². The zero-order chi connectivity index (χ0) is 24.3. The number of nitrogens with zero attached hydrogens (tertiary/aromatic N) is 5. The highest BCUT2D eigenvalue weighted by Crippen LogP contribution is 2.35.